The Bertz CT molecular complexity index is 1340. The van der Waals surface area contributed by atoms with Gasteiger partial charge in [-0.05, 0) is 34.6 Å². The maximum Gasteiger partial charge on any atom is 0.124 e. The first-order valence-electron chi connectivity index (χ1n) is 13.0. The first-order chi connectivity index (χ1) is 17.9. The number of hydrogen-bond donors (Lipinski definition) is 1. The minimum atomic E-state index is -0.789. The second kappa shape index (κ2) is 10.5. The van der Waals surface area contributed by atoms with E-state index < -0.39 is 11.6 Å². The van der Waals surface area contributed by atoms with Crippen molar-refractivity contribution in [1.82, 2.24) is 9.55 Å². The summed E-state index contributed by atoms with van der Waals surface area (Å²) >= 11 is 1.81. The Kier molecular flexibility index (Phi) is 7.14. The van der Waals surface area contributed by atoms with Gasteiger partial charge in [-0.3, -0.25) is 0 Å². The molecule has 0 saturated heterocycles. The van der Waals surface area contributed by atoms with Crippen LogP contribution in [-0.2, 0) is 5.54 Å². The van der Waals surface area contributed by atoms with Gasteiger partial charge < -0.3 is 9.67 Å². The highest BCUT2D eigenvalue weighted by molar-refractivity contribution is 7.12. The van der Waals surface area contributed by atoms with Crippen molar-refractivity contribution in [1.29, 1.82) is 0 Å². The molecule has 0 spiro atoms. The van der Waals surface area contributed by atoms with E-state index in [2.05, 4.69) is 111 Å². The topological polar surface area (TPSA) is 38.0 Å². The van der Waals surface area contributed by atoms with Crippen LogP contribution in [0.3, 0.4) is 0 Å². The highest BCUT2D eigenvalue weighted by Crippen LogP contribution is 2.42. The Balaban J connectivity index is 1.71. The molecule has 0 bridgehead atoms. The summed E-state index contributed by atoms with van der Waals surface area (Å²) < 4.78 is 2.16. The molecule has 3 aromatic carbocycles. The van der Waals surface area contributed by atoms with E-state index in [1.807, 2.05) is 42.1 Å². The van der Waals surface area contributed by atoms with E-state index in [4.69, 9.17) is 4.98 Å². The number of aliphatic hydroxyl groups is 1. The lowest BCUT2D eigenvalue weighted by atomic mass is 9.77. The lowest BCUT2D eigenvalue weighted by Gasteiger charge is -2.37. The van der Waals surface area contributed by atoms with E-state index in [1.165, 1.54) is 9.75 Å². The van der Waals surface area contributed by atoms with Crippen molar-refractivity contribution in [2.75, 3.05) is 0 Å². The Hall–Kier alpha value is -3.47. The van der Waals surface area contributed by atoms with Gasteiger partial charge in [-0.2, -0.15) is 0 Å². The zero-order valence-corrected chi connectivity index (χ0v) is 22.7. The van der Waals surface area contributed by atoms with Gasteiger partial charge in [-0.15, -0.1) is 11.3 Å². The monoisotopic (exact) mass is 506 g/mol. The minimum absolute atomic E-state index is 0.335. The van der Waals surface area contributed by atoms with Crippen molar-refractivity contribution < 1.29 is 5.11 Å². The minimum Gasteiger partial charge on any atom is -0.382 e. The van der Waals surface area contributed by atoms with Gasteiger partial charge in [0.05, 0.1) is 12.0 Å². The first kappa shape index (κ1) is 25.2. The van der Waals surface area contributed by atoms with Crippen LogP contribution in [0, 0.1) is 0 Å². The number of aromatic nitrogens is 2. The summed E-state index contributed by atoms with van der Waals surface area (Å²) in [7, 11) is 0. The van der Waals surface area contributed by atoms with E-state index in [0.29, 0.717) is 17.5 Å². The molecular formula is C33H34N2OS. The van der Waals surface area contributed by atoms with Gasteiger partial charge in [0.15, 0.2) is 0 Å². The standard InChI is InChI=1S/C33H34N2OS/c1-23(2)30-20-28(32(37-30)24(3)4)31(36)29-21-35(22-34-29)33(25-14-8-5-9-15-25,26-16-10-6-11-17-26)27-18-12-7-13-19-27/h5-24,31,36H,1-4H3. The third-order valence-electron chi connectivity index (χ3n) is 7.04. The smallest absolute Gasteiger partial charge is 0.124 e. The lowest BCUT2D eigenvalue weighted by molar-refractivity contribution is 0.214. The van der Waals surface area contributed by atoms with Gasteiger partial charge in [0.1, 0.15) is 11.6 Å². The summed E-state index contributed by atoms with van der Waals surface area (Å²) in [4.78, 5) is 7.33. The van der Waals surface area contributed by atoms with Crippen LogP contribution in [0.5, 0.6) is 0 Å². The molecule has 37 heavy (non-hydrogen) atoms. The van der Waals surface area contributed by atoms with Crippen molar-refractivity contribution in [2.45, 2.75) is 51.2 Å². The number of aliphatic hydroxyl groups excluding tert-OH is 1. The van der Waals surface area contributed by atoms with Crippen LogP contribution in [0.15, 0.2) is 110 Å². The van der Waals surface area contributed by atoms with Gasteiger partial charge in [0, 0.05) is 21.5 Å². The number of benzene rings is 3. The number of rotatable bonds is 8. The summed E-state index contributed by atoms with van der Waals surface area (Å²) in [5.41, 5.74) is 4.37. The van der Waals surface area contributed by atoms with Crippen LogP contribution in [0.1, 0.15) is 83.3 Å². The van der Waals surface area contributed by atoms with Crippen LogP contribution < -0.4 is 0 Å². The fraction of sp³-hybridized carbons (Fsp3) is 0.242. The molecule has 5 aromatic rings. The van der Waals surface area contributed by atoms with Gasteiger partial charge in [0.25, 0.3) is 0 Å². The van der Waals surface area contributed by atoms with E-state index >= 15 is 0 Å². The van der Waals surface area contributed by atoms with E-state index in [9.17, 15) is 5.11 Å². The van der Waals surface area contributed by atoms with Crippen LogP contribution in [-0.4, -0.2) is 14.7 Å². The second-order valence-corrected chi connectivity index (χ2v) is 11.3. The molecule has 2 heterocycles. The van der Waals surface area contributed by atoms with Crippen molar-refractivity contribution >= 4 is 11.3 Å². The van der Waals surface area contributed by atoms with E-state index in [0.717, 1.165) is 22.3 Å². The maximum atomic E-state index is 11.6. The van der Waals surface area contributed by atoms with Crippen LogP contribution in [0.2, 0.25) is 0 Å². The summed E-state index contributed by atoms with van der Waals surface area (Å²) in [5.74, 6) is 0.754. The molecule has 0 radical (unpaired) electrons. The largest absolute Gasteiger partial charge is 0.382 e. The Morgan fingerprint density at radius 1 is 0.730 bits per heavy atom. The average molecular weight is 507 g/mol. The number of thiophene rings is 1. The molecule has 188 valence electrons. The SMILES string of the molecule is CC(C)c1cc(C(O)c2cn(C(c3ccccc3)(c3ccccc3)c3ccccc3)cn2)c(C(C)C)s1. The second-order valence-electron chi connectivity index (χ2n) is 10.2. The molecule has 1 atom stereocenters. The quantitative estimate of drug-likeness (QED) is 0.216. The predicted molar refractivity (Wildman–Crippen MR) is 153 cm³/mol. The fourth-order valence-corrected chi connectivity index (χ4v) is 6.40. The molecule has 5 rings (SSSR count). The summed E-state index contributed by atoms with van der Waals surface area (Å²) in [5, 5.41) is 11.6. The fourth-order valence-electron chi connectivity index (χ4n) is 5.20. The number of nitrogens with zero attached hydrogens (tertiary/aromatic N) is 2. The molecule has 0 aliphatic carbocycles. The Morgan fingerprint density at radius 2 is 1.22 bits per heavy atom. The molecule has 0 fully saturated rings. The highest BCUT2D eigenvalue weighted by Gasteiger charge is 2.39. The molecule has 0 saturated carbocycles. The molecule has 0 aliphatic heterocycles. The van der Waals surface area contributed by atoms with Gasteiger partial charge >= 0.3 is 0 Å². The molecule has 0 aliphatic rings. The van der Waals surface area contributed by atoms with Gasteiger partial charge in [-0.1, -0.05) is 119 Å². The Labute approximate surface area is 224 Å². The summed E-state index contributed by atoms with van der Waals surface area (Å²) in [6.45, 7) is 8.79. The molecular weight excluding hydrogens is 472 g/mol. The summed E-state index contributed by atoms with van der Waals surface area (Å²) in [6, 6.07) is 33.8. The number of imidazole rings is 1. The van der Waals surface area contributed by atoms with Crippen LogP contribution in [0.4, 0.5) is 0 Å². The third-order valence-corrected chi connectivity index (χ3v) is 8.79. The zero-order valence-electron chi connectivity index (χ0n) is 21.9. The first-order valence-corrected chi connectivity index (χ1v) is 13.8. The predicted octanol–water partition coefficient (Wildman–Crippen LogP) is 8.11. The number of hydrogen-bond acceptors (Lipinski definition) is 3. The van der Waals surface area contributed by atoms with Crippen molar-refractivity contribution in [3.8, 4) is 0 Å². The maximum absolute atomic E-state index is 11.6. The van der Waals surface area contributed by atoms with Crippen molar-refractivity contribution in [2.24, 2.45) is 0 Å². The normalized spacial score (nSPS) is 12.8. The molecule has 1 unspecified atom stereocenters. The molecule has 1 N–H and O–H groups in total. The van der Waals surface area contributed by atoms with Gasteiger partial charge in [0.2, 0.25) is 0 Å². The van der Waals surface area contributed by atoms with Crippen LogP contribution >= 0.6 is 11.3 Å². The Morgan fingerprint density at radius 3 is 1.65 bits per heavy atom. The van der Waals surface area contributed by atoms with E-state index in [1.54, 1.807) is 0 Å². The average Bonchev–Trinajstić information content (AvgIpc) is 3.60. The zero-order chi connectivity index (χ0) is 26.0. The van der Waals surface area contributed by atoms with Crippen molar-refractivity contribution in [3.05, 3.63) is 147 Å². The van der Waals surface area contributed by atoms with Crippen LogP contribution in [0.25, 0.3) is 0 Å². The van der Waals surface area contributed by atoms with Gasteiger partial charge in [-0.25, -0.2) is 4.98 Å². The molecule has 3 nitrogen and oxygen atoms in total. The molecule has 4 heteroatoms. The van der Waals surface area contributed by atoms with E-state index in [-0.39, 0.29) is 0 Å². The lowest BCUT2D eigenvalue weighted by Crippen LogP contribution is -2.37. The molecule has 0 amide bonds. The van der Waals surface area contributed by atoms with Crippen molar-refractivity contribution in [3.63, 3.8) is 0 Å². The molecule has 2 aromatic heterocycles. The summed E-state index contributed by atoms with van der Waals surface area (Å²) in [6.07, 6.45) is 3.10. The third kappa shape index (κ3) is 4.56. The highest BCUT2D eigenvalue weighted by atomic mass is 32.1.